The highest BCUT2D eigenvalue weighted by Crippen LogP contribution is 2.10. The van der Waals surface area contributed by atoms with E-state index in [9.17, 15) is 28.8 Å². The Morgan fingerprint density at radius 2 is 1.18 bits per heavy atom. The summed E-state index contributed by atoms with van der Waals surface area (Å²) in [6.07, 6.45) is 0. The van der Waals surface area contributed by atoms with Crippen LogP contribution in [-0.2, 0) is 38.2 Å². The third kappa shape index (κ3) is 5.82. The molecule has 0 aliphatic carbocycles. The average Bonchev–Trinajstić information content (AvgIpc) is 2.57. The number of rotatable bonds is 7. The predicted molar refractivity (Wildman–Crippen MR) is 90.3 cm³/mol. The number of amides is 4. The summed E-state index contributed by atoms with van der Waals surface area (Å²) < 4.78 is 9.77. The third-order valence-corrected chi connectivity index (χ3v) is 4.27. The summed E-state index contributed by atoms with van der Waals surface area (Å²) in [6, 6.07) is -1.74. The van der Waals surface area contributed by atoms with Crippen LogP contribution in [0.5, 0.6) is 0 Å². The van der Waals surface area contributed by atoms with E-state index in [-0.39, 0.29) is 39.4 Å². The first-order valence-corrected chi connectivity index (χ1v) is 8.59. The largest absolute Gasteiger partial charge is 0.464 e. The second-order valence-corrected chi connectivity index (χ2v) is 6.40. The summed E-state index contributed by atoms with van der Waals surface area (Å²) >= 11 is 0. The lowest BCUT2D eigenvalue weighted by atomic mass is 10.1. The normalized spacial score (nSPS) is 23.8. The Morgan fingerprint density at radius 1 is 0.821 bits per heavy atom. The van der Waals surface area contributed by atoms with Crippen LogP contribution in [-0.4, -0.2) is 96.8 Å². The van der Waals surface area contributed by atoms with E-state index < -0.39 is 47.7 Å². The number of hydrogen-bond acceptors (Lipinski definition) is 10. The van der Waals surface area contributed by atoms with E-state index in [0.717, 1.165) is 0 Å². The molecule has 12 heteroatoms. The second kappa shape index (κ2) is 9.37. The maximum Gasteiger partial charge on any atom is 0.302 e. The molecule has 0 radical (unpaired) electrons. The van der Waals surface area contributed by atoms with E-state index in [1.807, 2.05) is 0 Å². The van der Waals surface area contributed by atoms with Crippen molar-refractivity contribution in [1.29, 1.82) is 0 Å². The zero-order valence-electron chi connectivity index (χ0n) is 15.6. The third-order valence-electron chi connectivity index (χ3n) is 4.27. The SMILES string of the molecule is CC(=O)OCC1C(=O)NC(=O)CN1CCN1CC(=O)NC(=O)C1COC(C)=O. The molecule has 4 amide bonds. The summed E-state index contributed by atoms with van der Waals surface area (Å²) in [5.41, 5.74) is 0. The van der Waals surface area contributed by atoms with Gasteiger partial charge in [0, 0.05) is 26.9 Å². The van der Waals surface area contributed by atoms with Crippen molar-refractivity contribution in [1.82, 2.24) is 20.4 Å². The average molecular weight is 398 g/mol. The summed E-state index contributed by atoms with van der Waals surface area (Å²) in [7, 11) is 0. The van der Waals surface area contributed by atoms with E-state index in [1.54, 1.807) is 0 Å². The highest BCUT2D eigenvalue weighted by Gasteiger charge is 2.38. The number of esters is 2. The Morgan fingerprint density at radius 3 is 1.50 bits per heavy atom. The maximum atomic E-state index is 12.1. The van der Waals surface area contributed by atoms with Crippen molar-refractivity contribution in [3.63, 3.8) is 0 Å². The monoisotopic (exact) mass is 398 g/mol. The highest BCUT2D eigenvalue weighted by atomic mass is 16.5. The van der Waals surface area contributed by atoms with Gasteiger partial charge in [0.2, 0.25) is 23.6 Å². The zero-order chi connectivity index (χ0) is 20.8. The molecule has 2 aliphatic rings. The molecular weight excluding hydrogens is 376 g/mol. The number of carbonyl (C=O) groups is 6. The van der Waals surface area contributed by atoms with Crippen LogP contribution in [0.15, 0.2) is 0 Å². The topological polar surface area (TPSA) is 151 Å². The second-order valence-electron chi connectivity index (χ2n) is 6.40. The molecule has 0 spiro atoms. The van der Waals surface area contributed by atoms with Crippen molar-refractivity contribution >= 4 is 35.6 Å². The summed E-state index contributed by atoms with van der Waals surface area (Å²) in [5, 5.41) is 4.35. The lowest BCUT2D eigenvalue weighted by molar-refractivity contribution is -0.152. The number of carbonyl (C=O) groups excluding carboxylic acids is 6. The van der Waals surface area contributed by atoms with Crippen LogP contribution in [0.1, 0.15) is 13.8 Å². The van der Waals surface area contributed by atoms with Crippen LogP contribution in [0.25, 0.3) is 0 Å². The standard InChI is InChI=1S/C16H22N4O8/c1-9(21)27-7-11-15(25)17-13(23)5-19(11)3-4-20-6-14(24)18-16(26)12(20)8-28-10(2)22/h11-12H,3-8H2,1-2H3,(H,17,23,25)(H,18,24,26). The fourth-order valence-corrected chi connectivity index (χ4v) is 2.92. The molecule has 2 N–H and O–H groups in total. The van der Waals surface area contributed by atoms with Gasteiger partial charge in [0.1, 0.15) is 25.3 Å². The van der Waals surface area contributed by atoms with Gasteiger partial charge in [-0.05, 0) is 0 Å². The lowest BCUT2D eigenvalue weighted by Crippen LogP contribution is -2.63. The first-order chi connectivity index (χ1) is 13.2. The molecule has 154 valence electrons. The number of imide groups is 2. The molecule has 12 nitrogen and oxygen atoms in total. The number of nitrogens with one attached hydrogen (secondary N) is 2. The minimum atomic E-state index is -0.872. The van der Waals surface area contributed by atoms with Crippen LogP contribution < -0.4 is 10.6 Å². The minimum Gasteiger partial charge on any atom is -0.464 e. The summed E-state index contributed by atoms with van der Waals surface area (Å²) in [4.78, 5) is 72.6. The van der Waals surface area contributed by atoms with Crippen molar-refractivity contribution in [3.05, 3.63) is 0 Å². The van der Waals surface area contributed by atoms with Crippen LogP contribution in [0.4, 0.5) is 0 Å². The van der Waals surface area contributed by atoms with Crippen molar-refractivity contribution in [2.75, 3.05) is 39.4 Å². The van der Waals surface area contributed by atoms with Gasteiger partial charge in [-0.25, -0.2) is 0 Å². The number of piperazine rings is 2. The Hall–Kier alpha value is -2.86. The minimum absolute atomic E-state index is 0.111. The van der Waals surface area contributed by atoms with Gasteiger partial charge < -0.3 is 9.47 Å². The molecule has 2 aliphatic heterocycles. The van der Waals surface area contributed by atoms with Gasteiger partial charge in [0.05, 0.1) is 13.1 Å². The van der Waals surface area contributed by atoms with Crippen LogP contribution in [0.3, 0.4) is 0 Å². The van der Waals surface area contributed by atoms with Gasteiger partial charge >= 0.3 is 11.9 Å². The fourth-order valence-electron chi connectivity index (χ4n) is 2.92. The molecule has 0 saturated carbocycles. The molecule has 2 heterocycles. The number of nitrogens with zero attached hydrogens (tertiary/aromatic N) is 2. The molecule has 2 unspecified atom stereocenters. The van der Waals surface area contributed by atoms with Gasteiger partial charge in [-0.3, -0.25) is 49.2 Å². The zero-order valence-corrected chi connectivity index (χ0v) is 15.6. The first kappa shape index (κ1) is 21.4. The molecule has 2 atom stereocenters. The van der Waals surface area contributed by atoms with Gasteiger partial charge in [0.15, 0.2) is 0 Å². The molecule has 2 fully saturated rings. The Bertz CT molecular complexity index is 636. The van der Waals surface area contributed by atoms with Crippen LogP contribution in [0.2, 0.25) is 0 Å². The summed E-state index contributed by atoms with van der Waals surface area (Å²) in [5.74, 6) is -3.34. The molecule has 0 aromatic rings. The molecule has 2 saturated heterocycles. The van der Waals surface area contributed by atoms with Crippen molar-refractivity contribution in [2.24, 2.45) is 0 Å². The molecular formula is C16H22N4O8. The van der Waals surface area contributed by atoms with Gasteiger partial charge in [-0.15, -0.1) is 0 Å². The first-order valence-electron chi connectivity index (χ1n) is 8.59. The fraction of sp³-hybridized carbons (Fsp3) is 0.625. The Labute approximate surface area is 160 Å². The molecule has 0 aromatic carbocycles. The van der Waals surface area contributed by atoms with E-state index in [0.29, 0.717) is 0 Å². The maximum absolute atomic E-state index is 12.1. The van der Waals surface area contributed by atoms with E-state index in [4.69, 9.17) is 9.47 Å². The van der Waals surface area contributed by atoms with E-state index in [1.165, 1.54) is 23.6 Å². The smallest absolute Gasteiger partial charge is 0.302 e. The van der Waals surface area contributed by atoms with Crippen molar-refractivity contribution in [2.45, 2.75) is 25.9 Å². The van der Waals surface area contributed by atoms with Crippen LogP contribution >= 0.6 is 0 Å². The summed E-state index contributed by atoms with van der Waals surface area (Å²) in [6.45, 7) is 2.00. The quantitative estimate of drug-likeness (QED) is 0.331. The molecule has 2 rings (SSSR count). The molecule has 0 bridgehead atoms. The van der Waals surface area contributed by atoms with Crippen molar-refractivity contribution in [3.8, 4) is 0 Å². The van der Waals surface area contributed by atoms with Crippen LogP contribution in [0, 0.1) is 0 Å². The van der Waals surface area contributed by atoms with Gasteiger partial charge in [0.25, 0.3) is 0 Å². The predicted octanol–water partition coefficient (Wildman–Crippen LogP) is -3.23. The van der Waals surface area contributed by atoms with Crippen molar-refractivity contribution < 1.29 is 38.2 Å². The Balaban J connectivity index is 2.05. The number of hydrogen-bond donors (Lipinski definition) is 2. The molecule has 28 heavy (non-hydrogen) atoms. The highest BCUT2D eigenvalue weighted by molar-refractivity contribution is 6.02. The van der Waals surface area contributed by atoms with Gasteiger partial charge in [-0.1, -0.05) is 0 Å². The molecule has 0 aromatic heterocycles. The Kier molecular flexibility index (Phi) is 7.18. The van der Waals surface area contributed by atoms with Gasteiger partial charge in [-0.2, -0.15) is 0 Å². The lowest BCUT2D eigenvalue weighted by Gasteiger charge is -2.37. The van der Waals surface area contributed by atoms with E-state index >= 15 is 0 Å². The number of ether oxygens (including phenoxy) is 2. The van der Waals surface area contributed by atoms with E-state index in [2.05, 4.69) is 10.6 Å².